The maximum absolute atomic E-state index is 13.5. The van der Waals surface area contributed by atoms with Gasteiger partial charge in [0.1, 0.15) is 18.1 Å². The van der Waals surface area contributed by atoms with Crippen LogP contribution in [0.15, 0.2) is 35.5 Å². The molecule has 0 aliphatic rings. The first-order valence-electron chi connectivity index (χ1n) is 13.1. The number of carbonyl (C=O) groups excluding carboxylic acids is 3. The first-order valence-corrected chi connectivity index (χ1v) is 13.7. The van der Waals surface area contributed by atoms with Crippen molar-refractivity contribution in [2.45, 2.75) is 63.7 Å². The van der Waals surface area contributed by atoms with Crippen LogP contribution >= 0.6 is 12.6 Å². The van der Waals surface area contributed by atoms with Crippen LogP contribution in [0.3, 0.4) is 0 Å². The second-order valence-electron chi connectivity index (χ2n) is 9.63. The van der Waals surface area contributed by atoms with Crippen molar-refractivity contribution >= 4 is 53.2 Å². The van der Waals surface area contributed by atoms with E-state index >= 15 is 0 Å². The SMILES string of the molecule is CCC(C)C(N)C(=O)NC(CCCN=C(N)N)C(=O)NC(Cc1c[nH]c2ccccc12)C(=O)NC(CS)C(=O)O. The number of aromatic amines is 1. The van der Waals surface area contributed by atoms with Gasteiger partial charge in [-0.2, -0.15) is 12.6 Å². The number of nitrogens with zero attached hydrogens (tertiary/aromatic N) is 1. The first kappa shape index (κ1) is 32.4. The van der Waals surface area contributed by atoms with Gasteiger partial charge in [0.25, 0.3) is 0 Å². The fourth-order valence-corrected chi connectivity index (χ4v) is 4.26. The topological polar surface area (TPSA) is 231 Å². The number of aromatic nitrogens is 1. The Kier molecular flexibility index (Phi) is 12.7. The van der Waals surface area contributed by atoms with E-state index in [9.17, 15) is 24.3 Å². The lowest BCUT2D eigenvalue weighted by Gasteiger charge is -2.26. The van der Waals surface area contributed by atoms with Crippen LogP contribution in [-0.2, 0) is 25.6 Å². The van der Waals surface area contributed by atoms with Crippen molar-refractivity contribution in [3.63, 3.8) is 0 Å². The van der Waals surface area contributed by atoms with Crippen LogP contribution < -0.4 is 33.2 Å². The van der Waals surface area contributed by atoms with Crippen LogP contribution in [-0.4, -0.2) is 76.2 Å². The Labute approximate surface area is 238 Å². The predicted molar refractivity (Wildman–Crippen MR) is 157 cm³/mol. The average Bonchev–Trinajstić information content (AvgIpc) is 3.34. The zero-order valence-electron chi connectivity index (χ0n) is 22.7. The highest BCUT2D eigenvalue weighted by Crippen LogP contribution is 2.19. The van der Waals surface area contributed by atoms with Crippen LogP contribution in [0.2, 0.25) is 0 Å². The Hall–Kier alpha value is -3.78. The second-order valence-corrected chi connectivity index (χ2v) is 9.99. The monoisotopic (exact) mass is 576 g/mol. The van der Waals surface area contributed by atoms with Crippen molar-refractivity contribution in [2.24, 2.45) is 28.1 Å². The van der Waals surface area contributed by atoms with E-state index in [1.807, 2.05) is 38.1 Å². The van der Waals surface area contributed by atoms with Crippen LogP contribution in [0.25, 0.3) is 10.9 Å². The molecule has 0 radical (unpaired) electrons. The Morgan fingerprint density at radius 2 is 1.65 bits per heavy atom. The fraction of sp³-hybridized carbons (Fsp3) is 0.500. The molecule has 0 aliphatic heterocycles. The minimum atomic E-state index is -1.26. The second kappa shape index (κ2) is 15.7. The Morgan fingerprint density at radius 1 is 1.02 bits per heavy atom. The molecule has 0 fully saturated rings. The first-order chi connectivity index (χ1) is 19.0. The molecule has 220 valence electrons. The number of carboxylic acid groups (broad SMARTS) is 1. The summed E-state index contributed by atoms with van der Waals surface area (Å²) in [4.78, 5) is 58.1. The number of hydrogen-bond acceptors (Lipinski definition) is 7. The molecule has 0 bridgehead atoms. The standard InChI is InChI=1S/C26H40N8O5S/c1-3-14(2)21(27)24(37)32-18(9-6-10-30-26(28)29)22(35)33-19(23(36)34-20(13-40)25(38)39)11-15-12-31-17-8-5-4-7-16(15)17/h4-5,7-8,12,14,18-21,31,40H,3,6,9-11,13,27H2,1-2H3,(H,32,37)(H,33,35)(H,34,36)(H,38,39)(H4,28,29,30). The Balaban J connectivity index is 2.31. The number of carbonyl (C=O) groups is 4. The molecule has 0 saturated carbocycles. The molecule has 2 aromatic rings. The number of aliphatic imine (C=N–C) groups is 1. The van der Waals surface area contributed by atoms with Crippen LogP contribution in [0, 0.1) is 5.92 Å². The predicted octanol–water partition coefficient (Wildman–Crippen LogP) is -0.394. The maximum Gasteiger partial charge on any atom is 0.327 e. The number of carboxylic acids is 1. The molecular weight excluding hydrogens is 536 g/mol. The number of aliphatic carboxylic acids is 1. The van der Waals surface area contributed by atoms with Crippen LogP contribution in [0.1, 0.15) is 38.7 Å². The van der Waals surface area contributed by atoms with Crippen LogP contribution in [0.4, 0.5) is 0 Å². The summed E-state index contributed by atoms with van der Waals surface area (Å²) in [5, 5.41) is 18.1. The van der Waals surface area contributed by atoms with E-state index in [1.165, 1.54) is 0 Å². The zero-order valence-corrected chi connectivity index (χ0v) is 23.6. The fourth-order valence-electron chi connectivity index (χ4n) is 4.01. The molecule has 1 aromatic carbocycles. The van der Waals surface area contributed by atoms with Gasteiger partial charge in [-0.1, -0.05) is 38.5 Å². The largest absolute Gasteiger partial charge is 0.480 e. The van der Waals surface area contributed by atoms with Crippen molar-refractivity contribution in [3.05, 3.63) is 36.0 Å². The molecule has 1 aromatic heterocycles. The highest BCUT2D eigenvalue weighted by Gasteiger charge is 2.31. The minimum absolute atomic E-state index is 0.0571. The third-order valence-corrected chi connectivity index (χ3v) is 7.03. The van der Waals surface area contributed by atoms with Crippen molar-refractivity contribution in [2.75, 3.05) is 12.3 Å². The normalized spacial score (nSPS) is 14.8. The van der Waals surface area contributed by atoms with Gasteiger partial charge >= 0.3 is 5.97 Å². The molecular formula is C26H40N8O5S. The van der Waals surface area contributed by atoms with Gasteiger partial charge in [-0.3, -0.25) is 19.4 Å². The van der Waals surface area contributed by atoms with Gasteiger partial charge in [-0.25, -0.2) is 4.79 Å². The highest BCUT2D eigenvalue weighted by molar-refractivity contribution is 7.80. The van der Waals surface area contributed by atoms with Gasteiger partial charge in [-0.05, 0) is 30.4 Å². The third kappa shape index (κ3) is 9.45. The molecule has 5 unspecified atom stereocenters. The number of hydrogen-bond donors (Lipinski definition) is 9. The number of nitrogens with two attached hydrogens (primary N) is 3. The highest BCUT2D eigenvalue weighted by atomic mass is 32.1. The summed E-state index contributed by atoms with van der Waals surface area (Å²) < 4.78 is 0. The number of benzene rings is 1. The molecule has 0 aliphatic carbocycles. The number of fused-ring (bicyclic) bond motifs is 1. The van der Waals surface area contributed by atoms with Gasteiger partial charge in [0.05, 0.1) is 6.04 Å². The molecule has 14 heteroatoms. The molecule has 40 heavy (non-hydrogen) atoms. The van der Waals surface area contributed by atoms with E-state index < -0.39 is 47.9 Å². The zero-order chi connectivity index (χ0) is 29.8. The number of nitrogens with one attached hydrogen (secondary N) is 4. The number of guanidine groups is 1. The number of rotatable bonds is 16. The summed E-state index contributed by atoms with van der Waals surface area (Å²) in [5.41, 5.74) is 18.4. The van der Waals surface area contributed by atoms with Crippen LogP contribution in [0.5, 0.6) is 0 Å². The summed E-state index contributed by atoms with van der Waals surface area (Å²) in [7, 11) is 0. The molecule has 1 heterocycles. The van der Waals surface area contributed by atoms with Gasteiger partial charge in [0.15, 0.2) is 5.96 Å². The van der Waals surface area contributed by atoms with Crippen molar-refractivity contribution in [1.29, 1.82) is 0 Å². The van der Waals surface area contributed by atoms with E-state index in [1.54, 1.807) is 6.20 Å². The van der Waals surface area contributed by atoms with Crippen molar-refractivity contribution in [1.82, 2.24) is 20.9 Å². The summed E-state index contributed by atoms with van der Waals surface area (Å²) in [6.07, 6.45) is 2.97. The van der Waals surface area contributed by atoms with E-state index in [2.05, 4.69) is 38.6 Å². The van der Waals surface area contributed by atoms with E-state index in [0.29, 0.717) is 12.8 Å². The van der Waals surface area contributed by atoms with Gasteiger partial charge in [-0.15, -0.1) is 0 Å². The lowest BCUT2D eigenvalue weighted by Crippen LogP contribution is -2.58. The van der Waals surface area contributed by atoms with Crippen molar-refractivity contribution in [3.8, 4) is 0 Å². The van der Waals surface area contributed by atoms with E-state index in [-0.39, 0.29) is 37.0 Å². The molecule has 0 spiro atoms. The Morgan fingerprint density at radius 3 is 2.27 bits per heavy atom. The lowest BCUT2D eigenvalue weighted by atomic mass is 9.98. The molecule has 2 rings (SSSR count). The maximum atomic E-state index is 13.5. The number of para-hydroxylation sites is 1. The smallest absolute Gasteiger partial charge is 0.327 e. The molecule has 0 saturated heterocycles. The van der Waals surface area contributed by atoms with Gasteiger partial charge in [0.2, 0.25) is 17.7 Å². The third-order valence-electron chi connectivity index (χ3n) is 6.67. The summed E-state index contributed by atoms with van der Waals surface area (Å²) >= 11 is 4.01. The quantitative estimate of drug-likeness (QED) is 0.0551. The Bertz CT molecular complexity index is 1200. The summed E-state index contributed by atoms with van der Waals surface area (Å²) in [6.45, 7) is 3.96. The summed E-state index contributed by atoms with van der Waals surface area (Å²) in [6, 6.07) is 3.14. The van der Waals surface area contributed by atoms with Gasteiger partial charge < -0.3 is 43.2 Å². The van der Waals surface area contributed by atoms with E-state index in [0.717, 1.165) is 16.5 Å². The average molecular weight is 577 g/mol. The summed E-state index contributed by atoms with van der Waals surface area (Å²) in [5.74, 6) is -3.48. The van der Waals surface area contributed by atoms with Crippen molar-refractivity contribution < 1.29 is 24.3 Å². The van der Waals surface area contributed by atoms with Gasteiger partial charge in [0, 0.05) is 35.8 Å². The number of thiol groups is 1. The molecule has 5 atom stereocenters. The molecule has 13 nitrogen and oxygen atoms in total. The molecule has 3 amide bonds. The minimum Gasteiger partial charge on any atom is -0.480 e. The lowest BCUT2D eigenvalue weighted by molar-refractivity contribution is -0.141. The van der Waals surface area contributed by atoms with E-state index in [4.69, 9.17) is 17.2 Å². The number of H-pyrrole nitrogens is 1. The number of amides is 3. The molecule has 11 N–H and O–H groups in total.